The van der Waals surface area contributed by atoms with Crippen LogP contribution in [0.25, 0.3) is 27.6 Å². The molecule has 0 aliphatic carbocycles. The molecule has 9 nitrogen and oxygen atoms in total. The zero-order chi connectivity index (χ0) is 24.5. The van der Waals surface area contributed by atoms with Crippen LogP contribution in [0.1, 0.15) is 12.8 Å². The maximum absolute atomic E-state index is 6.32. The Hall–Kier alpha value is -3.19. The zero-order valence-electron chi connectivity index (χ0n) is 20.3. The fraction of sp³-hybridized carbons (Fsp3) is 0.192. The van der Waals surface area contributed by atoms with Crippen molar-refractivity contribution in [3.8, 4) is 22.6 Å². The molecule has 0 amide bonds. The Morgan fingerprint density at radius 2 is 1.87 bits per heavy atom. The first-order valence-corrected chi connectivity index (χ1v) is 13.8. The molecule has 1 fully saturated rings. The van der Waals surface area contributed by atoms with Gasteiger partial charge in [-0.25, -0.2) is 19.3 Å². The number of nitrogens with one attached hydrogen (secondary N) is 1. The number of hydrogen-bond donors (Lipinski definition) is 2. The Balaban J connectivity index is 0.00000168. The standard InChI is InChI=1S/C26H24ClN7S2.2H2O/c27-17-7-9-19(10-8-17)36-33-13-3-4-18(16-33)30-25-29-12-11-22(31-25)24-23(20-5-1-2-6-21(20)28)32-26-34(24)14-15-35-26;;/h1-2,5-12,14-15,18H,3-4,13,16,28H2,(H,29,30,31);2*1H2/t18-;;/m1../s1. The minimum Gasteiger partial charge on any atom is -0.412 e. The molecule has 12 heteroatoms. The van der Waals surface area contributed by atoms with Gasteiger partial charge in [-0.15, -0.1) is 11.3 Å². The minimum atomic E-state index is 0. The topological polar surface area (TPSA) is 147 Å². The predicted molar refractivity (Wildman–Crippen MR) is 157 cm³/mol. The number of rotatable bonds is 6. The number of fused-ring (bicyclic) bond motifs is 1. The van der Waals surface area contributed by atoms with Crippen molar-refractivity contribution in [2.45, 2.75) is 23.8 Å². The Labute approximate surface area is 233 Å². The molecule has 7 N–H and O–H groups in total. The number of nitrogens with two attached hydrogens (primary N) is 1. The number of nitrogen functional groups attached to an aromatic ring is 1. The Morgan fingerprint density at radius 1 is 1.05 bits per heavy atom. The number of nitrogens with zero attached hydrogens (tertiary/aromatic N) is 5. The summed E-state index contributed by atoms with van der Waals surface area (Å²) in [4.78, 5) is 16.4. The van der Waals surface area contributed by atoms with Gasteiger partial charge in [0.2, 0.25) is 5.95 Å². The van der Waals surface area contributed by atoms with E-state index in [2.05, 4.69) is 31.1 Å². The summed E-state index contributed by atoms with van der Waals surface area (Å²) in [5.74, 6) is 0.619. The summed E-state index contributed by atoms with van der Waals surface area (Å²) in [6.45, 7) is 1.94. The molecule has 5 aromatic rings. The van der Waals surface area contributed by atoms with Crippen molar-refractivity contribution in [2.75, 3.05) is 24.1 Å². The number of para-hydroxylation sites is 1. The molecule has 0 spiro atoms. The van der Waals surface area contributed by atoms with Gasteiger partial charge in [0.05, 0.1) is 5.69 Å². The number of benzene rings is 2. The Morgan fingerprint density at radius 3 is 2.68 bits per heavy atom. The molecule has 6 rings (SSSR count). The van der Waals surface area contributed by atoms with Gasteiger partial charge < -0.3 is 22.0 Å². The normalized spacial score (nSPS) is 15.6. The largest absolute Gasteiger partial charge is 0.412 e. The third kappa shape index (κ3) is 5.78. The van der Waals surface area contributed by atoms with Crippen molar-refractivity contribution >= 4 is 51.5 Å². The average molecular weight is 570 g/mol. The molecule has 1 atom stereocenters. The highest BCUT2D eigenvalue weighted by molar-refractivity contribution is 7.97. The summed E-state index contributed by atoms with van der Waals surface area (Å²) in [6.07, 6.45) is 6.00. The third-order valence-electron chi connectivity index (χ3n) is 6.14. The van der Waals surface area contributed by atoms with E-state index in [4.69, 9.17) is 27.3 Å². The van der Waals surface area contributed by atoms with Gasteiger partial charge in [0.15, 0.2) is 4.96 Å². The van der Waals surface area contributed by atoms with Crippen LogP contribution in [0.4, 0.5) is 11.6 Å². The van der Waals surface area contributed by atoms with Gasteiger partial charge in [0.1, 0.15) is 11.4 Å². The van der Waals surface area contributed by atoms with E-state index in [-0.39, 0.29) is 17.0 Å². The van der Waals surface area contributed by atoms with Crippen molar-refractivity contribution in [3.63, 3.8) is 0 Å². The van der Waals surface area contributed by atoms with E-state index < -0.39 is 0 Å². The number of halogens is 1. The highest BCUT2D eigenvalue weighted by atomic mass is 35.5. The predicted octanol–water partition coefficient (Wildman–Crippen LogP) is 4.69. The molecule has 1 aliphatic heterocycles. The molecule has 2 aromatic carbocycles. The number of aromatic nitrogens is 4. The number of piperidine rings is 1. The summed E-state index contributed by atoms with van der Waals surface area (Å²) in [6, 6.07) is 18.0. The SMILES string of the molecule is Nc1ccccc1-c1nc2sccn2c1-c1ccnc(N[C@@H]2CCCN(Sc3ccc(Cl)cc3)C2)n1.O.O. The Kier molecular flexibility index (Phi) is 8.87. The summed E-state index contributed by atoms with van der Waals surface area (Å²) >= 11 is 9.39. The second kappa shape index (κ2) is 12.1. The summed E-state index contributed by atoms with van der Waals surface area (Å²) in [5.41, 5.74) is 10.5. The molecular weight excluding hydrogens is 542 g/mol. The van der Waals surface area contributed by atoms with Crippen molar-refractivity contribution in [2.24, 2.45) is 0 Å². The van der Waals surface area contributed by atoms with Gasteiger partial charge in [-0.1, -0.05) is 29.8 Å². The van der Waals surface area contributed by atoms with Gasteiger partial charge in [-0.3, -0.25) is 4.40 Å². The quantitative estimate of drug-likeness (QED) is 0.222. The lowest BCUT2D eigenvalue weighted by molar-refractivity contribution is 0.355. The van der Waals surface area contributed by atoms with E-state index in [9.17, 15) is 0 Å². The van der Waals surface area contributed by atoms with Crippen LogP contribution in [0, 0.1) is 0 Å². The van der Waals surface area contributed by atoms with Crippen LogP contribution in [-0.2, 0) is 0 Å². The monoisotopic (exact) mass is 569 g/mol. The maximum atomic E-state index is 6.32. The lowest BCUT2D eigenvalue weighted by Gasteiger charge is -2.32. The number of hydrogen-bond acceptors (Lipinski definition) is 8. The molecule has 1 aliphatic rings. The average Bonchev–Trinajstić information content (AvgIpc) is 3.48. The molecule has 0 bridgehead atoms. The van der Waals surface area contributed by atoms with Gasteiger partial charge in [-0.05, 0) is 61.2 Å². The van der Waals surface area contributed by atoms with Crippen LogP contribution in [0.3, 0.4) is 0 Å². The van der Waals surface area contributed by atoms with E-state index >= 15 is 0 Å². The highest BCUT2D eigenvalue weighted by Crippen LogP contribution is 2.36. The first-order chi connectivity index (χ1) is 17.6. The van der Waals surface area contributed by atoms with E-state index in [1.54, 1.807) is 29.5 Å². The number of anilines is 2. The lowest BCUT2D eigenvalue weighted by atomic mass is 10.1. The fourth-order valence-corrected chi connectivity index (χ4v) is 6.33. The molecular formula is C26H28ClN7O2S2. The third-order valence-corrected chi connectivity index (χ3v) is 8.22. The van der Waals surface area contributed by atoms with E-state index in [0.29, 0.717) is 11.6 Å². The fourth-order valence-electron chi connectivity index (χ4n) is 4.46. The Bertz CT molecular complexity index is 1510. The second-order valence-electron chi connectivity index (χ2n) is 8.63. The highest BCUT2D eigenvalue weighted by Gasteiger charge is 2.23. The van der Waals surface area contributed by atoms with Crippen LogP contribution >= 0.6 is 34.9 Å². The summed E-state index contributed by atoms with van der Waals surface area (Å²) in [5, 5.41) is 6.35. The van der Waals surface area contributed by atoms with Gasteiger partial charge in [0.25, 0.3) is 0 Å². The summed E-state index contributed by atoms with van der Waals surface area (Å²) < 4.78 is 4.46. The van der Waals surface area contributed by atoms with Crippen LogP contribution in [0.15, 0.2) is 77.3 Å². The van der Waals surface area contributed by atoms with Crippen LogP contribution in [-0.4, -0.2) is 53.7 Å². The van der Waals surface area contributed by atoms with Crippen LogP contribution in [0.5, 0.6) is 0 Å². The minimum absolute atomic E-state index is 0. The van der Waals surface area contributed by atoms with Gasteiger partial charge >= 0.3 is 0 Å². The number of thiazole rings is 1. The van der Waals surface area contributed by atoms with Gasteiger partial charge in [0, 0.05) is 58.1 Å². The lowest BCUT2D eigenvalue weighted by Crippen LogP contribution is -2.38. The molecule has 0 radical (unpaired) electrons. The molecule has 0 unspecified atom stereocenters. The first-order valence-electron chi connectivity index (χ1n) is 11.7. The molecule has 198 valence electrons. The van der Waals surface area contributed by atoms with E-state index in [1.807, 2.05) is 54.0 Å². The van der Waals surface area contributed by atoms with Crippen LogP contribution < -0.4 is 11.1 Å². The van der Waals surface area contributed by atoms with Crippen molar-refractivity contribution < 1.29 is 11.0 Å². The van der Waals surface area contributed by atoms with Crippen molar-refractivity contribution in [1.29, 1.82) is 0 Å². The van der Waals surface area contributed by atoms with Crippen molar-refractivity contribution in [3.05, 3.63) is 77.4 Å². The smallest absolute Gasteiger partial charge is 0.223 e. The van der Waals surface area contributed by atoms with Crippen LogP contribution in [0.2, 0.25) is 5.02 Å². The van der Waals surface area contributed by atoms with Crippen molar-refractivity contribution in [1.82, 2.24) is 23.7 Å². The zero-order valence-corrected chi connectivity index (χ0v) is 22.7. The molecule has 4 heterocycles. The molecule has 0 saturated carbocycles. The molecule has 38 heavy (non-hydrogen) atoms. The maximum Gasteiger partial charge on any atom is 0.223 e. The summed E-state index contributed by atoms with van der Waals surface area (Å²) in [7, 11) is 0. The molecule has 3 aromatic heterocycles. The second-order valence-corrected chi connectivity index (χ2v) is 11.1. The van der Waals surface area contributed by atoms with Gasteiger partial charge in [-0.2, -0.15) is 0 Å². The first kappa shape index (κ1) is 27.8. The van der Waals surface area contributed by atoms with E-state index in [0.717, 1.165) is 58.6 Å². The molecule has 1 saturated heterocycles. The van der Waals surface area contributed by atoms with E-state index in [1.165, 1.54) is 4.90 Å². The number of imidazole rings is 1.